The number of nitrogens with zero attached hydrogens (tertiary/aromatic N) is 1. The summed E-state index contributed by atoms with van der Waals surface area (Å²) in [5.74, 6) is -1.44. The zero-order valence-electron chi connectivity index (χ0n) is 10.1. The van der Waals surface area contributed by atoms with Gasteiger partial charge in [-0.1, -0.05) is 19.8 Å². The van der Waals surface area contributed by atoms with Gasteiger partial charge in [-0.05, 0) is 25.7 Å². The Morgan fingerprint density at radius 1 is 1.38 bits per heavy atom. The van der Waals surface area contributed by atoms with E-state index in [0.717, 1.165) is 25.9 Å². The van der Waals surface area contributed by atoms with Crippen LogP contribution in [-0.2, 0) is 9.59 Å². The molecule has 1 unspecified atom stereocenters. The fourth-order valence-corrected chi connectivity index (χ4v) is 2.23. The van der Waals surface area contributed by atoms with Crippen molar-refractivity contribution in [2.75, 3.05) is 13.1 Å². The first-order valence-corrected chi connectivity index (χ1v) is 6.07. The van der Waals surface area contributed by atoms with Crippen molar-refractivity contribution in [3.63, 3.8) is 0 Å². The Kier molecular flexibility index (Phi) is 4.77. The zero-order chi connectivity index (χ0) is 12.1. The number of carboxylic acid groups (broad SMARTS) is 1. The molecule has 0 aliphatic carbocycles. The van der Waals surface area contributed by atoms with Gasteiger partial charge in [0, 0.05) is 13.1 Å². The molecule has 1 atom stereocenters. The monoisotopic (exact) mass is 227 g/mol. The topological polar surface area (TPSA) is 57.6 Å². The van der Waals surface area contributed by atoms with Gasteiger partial charge in [0.2, 0.25) is 5.91 Å². The second-order valence-corrected chi connectivity index (χ2v) is 4.62. The summed E-state index contributed by atoms with van der Waals surface area (Å²) < 4.78 is 0. The molecule has 0 spiro atoms. The summed E-state index contributed by atoms with van der Waals surface area (Å²) in [4.78, 5) is 24.2. The van der Waals surface area contributed by atoms with Crippen molar-refractivity contribution in [3.05, 3.63) is 0 Å². The molecule has 0 radical (unpaired) electrons. The number of carbonyl (C=O) groups is 2. The third-order valence-corrected chi connectivity index (χ3v) is 3.36. The van der Waals surface area contributed by atoms with E-state index in [-0.39, 0.29) is 5.91 Å². The molecular weight excluding hydrogens is 206 g/mol. The molecule has 0 aromatic heterocycles. The third kappa shape index (κ3) is 3.22. The molecular formula is C12H21NO3. The molecule has 1 heterocycles. The van der Waals surface area contributed by atoms with E-state index in [1.54, 1.807) is 4.90 Å². The summed E-state index contributed by atoms with van der Waals surface area (Å²) >= 11 is 0. The van der Waals surface area contributed by atoms with Gasteiger partial charge in [-0.3, -0.25) is 9.59 Å². The molecule has 0 aromatic rings. The summed E-state index contributed by atoms with van der Waals surface area (Å²) in [6.07, 6.45) is 4.44. The number of carboxylic acids is 1. The molecule has 1 fully saturated rings. The van der Waals surface area contributed by atoms with Crippen molar-refractivity contribution in [2.45, 2.75) is 39.5 Å². The largest absolute Gasteiger partial charge is 0.481 e. The Morgan fingerprint density at radius 2 is 1.94 bits per heavy atom. The van der Waals surface area contributed by atoms with Crippen molar-refractivity contribution < 1.29 is 14.7 Å². The molecule has 4 nitrogen and oxygen atoms in total. The molecule has 16 heavy (non-hydrogen) atoms. The molecule has 1 aliphatic heterocycles. The van der Waals surface area contributed by atoms with E-state index in [1.165, 1.54) is 19.8 Å². The smallest absolute Gasteiger partial charge is 0.315 e. The van der Waals surface area contributed by atoms with Gasteiger partial charge in [-0.15, -0.1) is 0 Å². The van der Waals surface area contributed by atoms with Crippen LogP contribution >= 0.6 is 0 Å². The van der Waals surface area contributed by atoms with Gasteiger partial charge in [-0.25, -0.2) is 0 Å². The Bertz CT molecular complexity index is 257. The van der Waals surface area contributed by atoms with Gasteiger partial charge < -0.3 is 10.0 Å². The Morgan fingerprint density at radius 3 is 2.38 bits per heavy atom. The van der Waals surface area contributed by atoms with Crippen LogP contribution in [0, 0.1) is 11.8 Å². The molecule has 1 amide bonds. The summed E-state index contributed by atoms with van der Waals surface area (Å²) in [5, 5.41) is 8.77. The van der Waals surface area contributed by atoms with Crippen molar-refractivity contribution in [2.24, 2.45) is 11.8 Å². The maximum Gasteiger partial charge on any atom is 0.315 e. The summed E-state index contributed by atoms with van der Waals surface area (Å²) in [7, 11) is 0. The summed E-state index contributed by atoms with van der Waals surface area (Å²) in [5.41, 5.74) is 0. The van der Waals surface area contributed by atoms with Crippen LogP contribution in [0.15, 0.2) is 0 Å². The molecule has 0 aromatic carbocycles. The van der Waals surface area contributed by atoms with Gasteiger partial charge in [0.15, 0.2) is 0 Å². The Hall–Kier alpha value is -1.06. The van der Waals surface area contributed by atoms with Crippen LogP contribution in [0.25, 0.3) is 0 Å². The van der Waals surface area contributed by atoms with Gasteiger partial charge in [0.25, 0.3) is 0 Å². The maximum atomic E-state index is 11.7. The van der Waals surface area contributed by atoms with E-state index in [0.29, 0.717) is 5.92 Å². The van der Waals surface area contributed by atoms with Gasteiger partial charge in [-0.2, -0.15) is 0 Å². The number of likely N-dealkylation sites (tertiary alicyclic amines) is 1. The number of amides is 1. The SMILES string of the molecule is CCCC1CCN(C(=O)C(C)C(=O)O)CC1. The molecule has 1 saturated heterocycles. The van der Waals surface area contributed by atoms with Crippen LogP contribution in [0.5, 0.6) is 0 Å². The predicted molar refractivity (Wildman–Crippen MR) is 61.0 cm³/mol. The van der Waals surface area contributed by atoms with Crippen molar-refractivity contribution >= 4 is 11.9 Å². The number of hydrogen-bond acceptors (Lipinski definition) is 2. The standard InChI is InChI=1S/C12H21NO3/c1-3-4-10-5-7-13(8-6-10)11(14)9(2)12(15)16/h9-10H,3-8H2,1-2H3,(H,15,16). The zero-order valence-corrected chi connectivity index (χ0v) is 10.1. The number of carbonyl (C=O) groups excluding carboxylic acids is 1. The van der Waals surface area contributed by atoms with Crippen molar-refractivity contribution in [1.29, 1.82) is 0 Å². The van der Waals surface area contributed by atoms with E-state index < -0.39 is 11.9 Å². The normalized spacial score (nSPS) is 19.5. The second kappa shape index (κ2) is 5.87. The number of piperidine rings is 1. The van der Waals surface area contributed by atoms with E-state index in [9.17, 15) is 9.59 Å². The Labute approximate surface area is 96.6 Å². The van der Waals surface area contributed by atoms with Crippen molar-refractivity contribution in [1.82, 2.24) is 4.90 Å². The average molecular weight is 227 g/mol. The molecule has 0 saturated carbocycles. The number of hydrogen-bond donors (Lipinski definition) is 1. The van der Waals surface area contributed by atoms with E-state index >= 15 is 0 Å². The van der Waals surface area contributed by atoms with E-state index in [2.05, 4.69) is 6.92 Å². The predicted octanol–water partition coefficient (Wildman–Crippen LogP) is 1.75. The second-order valence-electron chi connectivity index (χ2n) is 4.62. The maximum absolute atomic E-state index is 11.7. The molecule has 0 bridgehead atoms. The van der Waals surface area contributed by atoms with Crippen molar-refractivity contribution in [3.8, 4) is 0 Å². The van der Waals surface area contributed by atoms with Crippen LogP contribution in [0.2, 0.25) is 0 Å². The molecule has 1 rings (SSSR count). The minimum Gasteiger partial charge on any atom is -0.481 e. The molecule has 4 heteroatoms. The lowest BCUT2D eigenvalue weighted by molar-refractivity contribution is -0.150. The van der Waals surface area contributed by atoms with Crippen LogP contribution in [-0.4, -0.2) is 35.0 Å². The lowest BCUT2D eigenvalue weighted by Crippen LogP contribution is -2.43. The van der Waals surface area contributed by atoms with Gasteiger partial charge >= 0.3 is 5.97 Å². The minimum absolute atomic E-state index is 0.234. The number of rotatable bonds is 4. The number of aliphatic carboxylic acids is 1. The Balaban J connectivity index is 2.41. The first-order valence-electron chi connectivity index (χ1n) is 6.07. The van der Waals surface area contributed by atoms with E-state index in [1.807, 2.05) is 0 Å². The molecule has 1 N–H and O–H groups in total. The van der Waals surface area contributed by atoms with E-state index in [4.69, 9.17) is 5.11 Å². The first-order chi connectivity index (χ1) is 7.56. The molecule has 92 valence electrons. The summed E-state index contributed by atoms with van der Waals surface area (Å²) in [6.45, 7) is 5.08. The lowest BCUT2D eigenvalue weighted by Gasteiger charge is -2.32. The highest BCUT2D eigenvalue weighted by molar-refractivity contribution is 5.96. The van der Waals surface area contributed by atoms with Crippen LogP contribution in [0.3, 0.4) is 0 Å². The van der Waals surface area contributed by atoms with Crippen LogP contribution in [0.1, 0.15) is 39.5 Å². The quantitative estimate of drug-likeness (QED) is 0.744. The fourth-order valence-electron chi connectivity index (χ4n) is 2.23. The highest BCUT2D eigenvalue weighted by Crippen LogP contribution is 2.22. The van der Waals surface area contributed by atoms with Gasteiger partial charge in [0.1, 0.15) is 5.92 Å². The third-order valence-electron chi connectivity index (χ3n) is 3.36. The molecule has 1 aliphatic rings. The van der Waals surface area contributed by atoms with Crippen LogP contribution in [0.4, 0.5) is 0 Å². The minimum atomic E-state index is -1.03. The lowest BCUT2D eigenvalue weighted by atomic mass is 9.92. The highest BCUT2D eigenvalue weighted by atomic mass is 16.4. The van der Waals surface area contributed by atoms with Gasteiger partial charge in [0.05, 0.1) is 0 Å². The average Bonchev–Trinajstić information content (AvgIpc) is 2.28. The van der Waals surface area contributed by atoms with Crippen LogP contribution < -0.4 is 0 Å². The first kappa shape index (κ1) is 13.0. The summed E-state index contributed by atoms with van der Waals surface area (Å²) in [6, 6.07) is 0. The fraction of sp³-hybridized carbons (Fsp3) is 0.833. The highest BCUT2D eigenvalue weighted by Gasteiger charge is 2.28.